The largest absolute Gasteiger partial charge is 0.240 e. The van der Waals surface area contributed by atoms with Gasteiger partial charge in [0, 0.05) is 27.3 Å². The lowest BCUT2D eigenvalue weighted by Crippen LogP contribution is -1.96. The second-order valence-electron chi connectivity index (χ2n) is 2.90. The van der Waals surface area contributed by atoms with Crippen molar-refractivity contribution >= 4 is 33.9 Å². The number of aryl methyl sites for hydroxylation is 2. The van der Waals surface area contributed by atoms with Crippen molar-refractivity contribution in [2.75, 3.05) is 0 Å². The highest BCUT2D eigenvalue weighted by Crippen LogP contribution is 2.11. The van der Waals surface area contributed by atoms with Crippen molar-refractivity contribution in [3.63, 3.8) is 0 Å². The van der Waals surface area contributed by atoms with Crippen molar-refractivity contribution in [2.45, 2.75) is 12.8 Å². The van der Waals surface area contributed by atoms with E-state index in [1.807, 2.05) is 12.4 Å². The van der Waals surface area contributed by atoms with Crippen LogP contribution in [0.5, 0.6) is 0 Å². The van der Waals surface area contributed by atoms with Crippen molar-refractivity contribution in [3.8, 4) is 0 Å². The molecule has 2 heterocycles. The number of thiophene rings is 1. The molecule has 0 saturated carbocycles. The summed E-state index contributed by atoms with van der Waals surface area (Å²) in [6.07, 6.45) is 5.68. The van der Waals surface area contributed by atoms with E-state index in [0.717, 1.165) is 22.2 Å². The maximum atomic E-state index is 4.26. The van der Waals surface area contributed by atoms with E-state index in [1.165, 1.54) is 4.88 Å². The van der Waals surface area contributed by atoms with Gasteiger partial charge in [0.05, 0.1) is 0 Å². The fraction of sp³-hybridized carbons (Fsp3) is 0.200. The van der Waals surface area contributed by atoms with Crippen LogP contribution >= 0.6 is 33.9 Å². The van der Waals surface area contributed by atoms with E-state index in [-0.39, 0.29) is 0 Å². The average molecular weight is 316 g/mol. The number of aromatic nitrogens is 2. The van der Waals surface area contributed by atoms with Crippen LogP contribution in [0.3, 0.4) is 0 Å². The Labute approximate surface area is 101 Å². The number of halogens is 1. The molecule has 72 valence electrons. The zero-order valence-corrected chi connectivity index (χ0v) is 10.5. The van der Waals surface area contributed by atoms with Gasteiger partial charge in [-0.15, -0.1) is 11.3 Å². The average Bonchev–Trinajstić information content (AvgIpc) is 2.70. The van der Waals surface area contributed by atoms with Crippen LogP contribution in [0.15, 0.2) is 29.9 Å². The molecule has 0 fully saturated rings. The first-order valence-electron chi connectivity index (χ1n) is 4.33. The van der Waals surface area contributed by atoms with Gasteiger partial charge in [0.25, 0.3) is 0 Å². The van der Waals surface area contributed by atoms with Crippen LogP contribution in [0.1, 0.15) is 10.7 Å². The molecule has 2 nitrogen and oxygen atoms in total. The third-order valence-electron chi connectivity index (χ3n) is 1.85. The lowest BCUT2D eigenvalue weighted by atomic mass is 10.2. The van der Waals surface area contributed by atoms with E-state index in [1.54, 1.807) is 11.3 Å². The van der Waals surface area contributed by atoms with Crippen molar-refractivity contribution in [2.24, 2.45) is 0 Å². The number of nitrogens with zero attached hydrogens (tertiary/aromatic N) is 2. The van der Waals surface area contributed by atoms with E-state index in [2.05, 4.69) is 50.1 Å². The van der Waals surface area contributed by atoms with Gasteiger partial charge in [0.1, 0.15) is 5.82 Å². The van der Waals surface area contributed by atoms with E-state index < -0.39 is 0 Å². The van der Waals surface area contributed by atoms with Gasteiger partial charge in [-0.3, -0.25) is 0 Å². The molecule has 0 atom stereocenters. The summed E-state index contributed by atoms with van der Waals surface area (Å²) in [4.78, 5) is 9.92. The minimum absolute atomic E-state index is 0.928. The minimum atomic E-state index is 0.928. The van der Waals surface area contributed by atoms with E-state index in [9.17, 15) is 0 Å². The Hall–Kier alpha value is -0.490. The zero-order chi connectivity index (χ0) is 9.80. The summed E-state index contributed by atoms with van der Waals surface area (Å²) >= 11 is 4.00. The lowest BCUT2D eigenvalue weighted by molar-refractivity contribution is 0.864. The van der Waals surface area contributed by atoms with Gasteiger partial charge < -0.3 is 0 Å². The first-order valence-corrected chi connectivity index (χ1v) is 6.29. The van der Waals surface area contributed by atoms with Gasteiger partial charge in [-0.05, 0) is 40.5 Å². The third-order valence-corrected chi connectivity index (χ3v) is 3.34. The van der Waals surface area contributed by atoms with Gasteiger partial charge >= 0.3 is 0 Å². The van der Waals surface area contributed by atoms with Crippen LogP contribution in [-0.2, 0) is 12.8 Å². The Bertz CT molecular complexity index is 383. The molecule has 14 heavy (non-hydrogen) atoms. The molecular formula is C10H9IN2S. The third kappa shape index (κ3) is 2.75. The number of hydrogen-bond donors (Lipinski definition) is 0. The summed E-state index contributed by atoms with van der Waals surface area (Å²) in [6, 6.07) is 4.23. The van der Waals surface area contributed by atoms with Crippen molar-refractivity contribution < 1.29 is 0 Å². The van der Waals surface area contributed by atoms with Crippen molar-refractivity contribution in [1.29, 1.82) is 0 Å². The maximum absolute atomic E-state index is 4.26. The van der Waals surface area contributed by atoms with Crippen molar-refractivity contribution in [3.05, 3.63) is 44.2 Å². The maximum Gasteiger partial charge on any atom is 0.128 e. The van der Waals surface area contributed by atoms with E-state index in [4.69, 9.17) is 0 Å². The quantitative estimate of drug-likeness (QED) is 0.814. The smallest absolute Gasteiger partial charge is 0.128 e. The molecular weight excluding hydrogens is 307 g/mol. The zero-order valence-electron chi connectivity index (χ0n) is 7.48. The molecule has 2 rings (SSSR count). The van der Waals surface area contributed by atoms with Gasteiger partial charge in [-0.25, -0.2) is 9.97 Å². The lowest BCUT2D eigenvalue weighted by Gasteiger charge is -1.97. The second kappa shape index (κ2) is 4.84. The van der Waals surface area contributed by atoms with E-state index in [0.29, 0.717) is 0 Å². The standard InChI is InChI=1S/C10H9IN2S/c11-8-6-12-10(13-7-8)4-3-9-2-1-5-14-9/h1-2,5-7H,3-4H2. The molecule has 4 heteroatoms. The minimum Gasteiger partial charge on any atom is -0.240 e. The van der Waals surface area contributed by atoms with Crippen LogP contribution in [0.4, 0.5) is 0 Å². The Kier molecular flexibility index (Phi) is 3.47. The fourth-order valence-electron chi connectivity index (χ4n) is 1.16. The highest BCUT2D eigenvalue weighted by molar-refractivity contribution is 14.1. The molecule has 0 aliphatic carbocycles. The SMILES string of the molecule is Ic1cnc(CCc2cccs2)nc1. The molecule has 2 aromatic heterocycles. The van der Waals surface area contributed by atoms with Crippen LogP contribution in [0.25, 0.3) is 0 Å². The molecule has 0 aliphatic heterocycles. The normalized spacial score (nSPS) is 10.4. The topological polar surface area (TPSA) is 25.8 Å². The Morgan fingerprint density at radius 3 is 2.64 bits per heavy atom. The molecule has 0 unspecified atom stereocenters. The summed E-state index contributed by atoms with van der Waals surface area (Å²) in [6.45, 7) is 0. The van der Waals surface area contributed by atoms with Crippen LogP contribution < -0.4 is 0 Å². The van der Waals surface area contributed by atoms with Crippen LogP contribution in [0.2, 0.25) is 0 Å². The Morgan fingerprint density at radius 1 is 1.21 bits per heavy atom. The predicted octanol–water partition coefficient (Wildman–Crippen LogP) is 2.93. The Morgan fingerprint density at radius 2 is 2.00 bits per heavy atom. The highest BCUT2D eigenvalue weighted by atomic mass is 127. The predicted molar refractivity (Wildman–Crippen MR) is 66.5 cm³/mol. The second-order valence-corrected chi connectivity index (χ2v) is 5.17. The summed E-state index contributed by atoms with van der Waals surface area (Å²) in [5, 5.41) is 2.10. The summed E-state index contributed by atoms with van der Waals surface area (Å²) in [5.74, 6) is 0.929. The molecule has 0 saturated heterocycles. The molecule has 0 spiro atoms. The van der Waals surface area contributed by atoms with Gasteiger partial charge in [0.15, 0.2) is 0 Å². The number of rotatable bonds is 3. The first-order chi connectivity index (χ1) is 6.84. The van der Waals surface area contributed by atoms with Crippen LogP contribution in [0, 0.1) is 3.57 Å². The first kappa shape index (κ1) is 10.0. The molecule has 0 aromatic carbocycles. The molecule has 0 amide bonds. The summed E-state index contributed by atoms with van der Waals surface area (Å²) in [7, 11) is 0. The van der Waals surface area contributed by atoms with Crippen LogP contribution in [-0.4, -0.2) is 9.97 Å². The highest BCUT2D eigenvalue weighted by Gasteiger charge is 1.98. The van der Waals surface area contributed by atoms with E-state index >= 15 is 0 Å². The van der Waals surface area contributed by atoms with Gasteiger partial charge in [-0.2, -0.15) is 0 Å². The fourth-order valence-corrected chi connectivity index (χ4v) is 2.15. The molecule has 2 aromatic rings. The van der Waals surface area contributed by atoms with Crippen molar-refractivity contribution in [1.82, 2.24) is 9.97 Å². The summed E-state index contributed by atoms with van der Waals surface area (Å²) in [5.41, 5.74) is 0. The molecule has 0 radical (unpaired) electrons. The van der Waals surface area contributed by atoms with Gasteiger partial charge in [-0.1, -0.05) is 6.07 Å². The Balaban J connectivity index is 1.95. The summed E-state index contributed by atoms with van der Waals surface area (Å²) < 4.78 is 1.09. The van der Waals surface area contributed by atoms with Gasteiger partial charge in [0.2, 0.25) is 0 Å². The number of hydrogen-bond acceptors (Lipinski definition) is 3. The molecule has 0 N–H and O–H groups in total. The monoisotopic (exact) mass is 316 g/mol. The molecule has 0 aliphatic rings. The molecule has 0 bridgehead atoms.